The molecule has 0 saturated carbocycles. The summed E-state index contributed by atoms with van der Waals surface area (Å²) in [5.74, 6) is -0.409. The summed E-state index contributed by atoms with van der Waals surface area (Å²) in [4.78, 5) is 15.9. The molecule has 1 amide bonds. The molecule has 0 bridgehead atoms. The first kappa shape index (κ1) is 14.5. The molecule has 0 aliphatic rings. The quantitative estimate of drug-likeness (QED) is 0.751. The van der Waals surface area contributed by atoms with Crippen LogP contribution in [0.2, 0.25) is 0 Å². The number of amides is 1. The first-order valence-electron chi connectivity index (χ1n) is 6.28. The largest absolute Gasteiger partial charge is 0.418 e. The fourth-order valence-electron chi connectivity index (χ4n) is 1.99. The Morgan fingerprint density at radius 3 is 2.45 bits per heavy atom. The van der Waals surface area contributed by atoms with E-state index < -0.39 is 17.6 Å². The molecule has 3 nitrogen and oxygen atoms in total. The lowest BCUT2D eigenvalue weighted by Crippen LogP contribution is -2.11. The zero-order valence-corrected chi connectivity index (χ0v) is 11.8. The summed E-state index contributed by atoms with van der Waals surface area (Å²) in [6.07, 6.45) is -4.48. The summed E-state index contributed by atoms with van der Waals surface area (Å²) in [6.45, 7) is 0. The molecule has 2 aromatic carbocycles. The zero-order valence-electron chi connectivity index (χ0n) is 11.0. The van der Waals surface area contributed by atoms with Crippen molar-refractivity contribution in [2.75, 3.05) is 5.32 Å². The maximum atomic E-state index is 12.9. The first-order chi connectivity index (χ1) is 10.4. The van der Waals surface area contributed by atoms with Crippen molar-refractivity contribution in [3.05, 3.63) is 59.7 Å². The molecule has 1 aromatic heterocycles. The number of carbonyl (C=O) groups excluding carboxylic acids is 1. The number of rotatable bonds is 2. The van der Waals surface area contributed by atoms with Gasteiger partial charge in [-0.1, -0.05) is 35.6 Å². The SMILES string of the molecule is O=C(Nc1nc2c(C(F)(F)F)cccc2s1)c1ccccc1. The van der Waals surface area contributed by atoms with Gasteiger partial charge in [-0.3, -0.25) is 10.1 Å². The Bertz CT molecular complexity index is 828. The molecule has 22 heavy (non-hydrogen) atoms. The molecular weight excluding hydrogens is 313 g/mol. The molecule has 0 radical (unpaired) electrons. The van der Waals surface area contributed by atoms with Gasteiger partial charge in [0.2, 0.25) is 0 Å². The molecule has 112 valence electrons. The molecule has 0 aliphatic carbocycles. The van der Waals surface area contributed by atoms with Crippen LogP contribution in [-0.2, 0) is 6.18 Å². The Hall–Kier alpha value is -2.41. The molecule has 3 aromatic rings. The van der Waals surface area contributed by atoms with Gasteiger partial charge < -0.3 is 0 Å². The molecular formula is C15H9F3N2OS. The van der Waals surface area contributed by atoms with Crippen LogP contribution in [0, 0.1) is 0 Å². The number of anilines is 1. The van der Waals surface area contributed by atoms with Crippen molar-refractivity contribution >= 4 is 32.6 Å². The minimum absolute atomic E-state index is 0.139. The number of hydrogen-bond donors (Lipinski definition) is 1. The van der Waals surface area contributed by atoms with Crippen LogP contribution in [0.25, 0.3) is 10.2 Å². The van der Waals surface area contributed by atoms with Gasteiger partial charge in [-0.2, -0.15) is 13.2 Å². The molecule has 3 rings (SSSR count). The van der Waals surface area contributed by atoms with Crippen LogP contribution < -0.4 is 5.32 Å². The normalized spacial score (nSPS) is 11.6. The number of aromatic nitrogens is 1. The predicted molar refractivity (Wildman–Crippen MR) is 79.0 cm³/mol. The van der Waals surface area contributed by atoms with Crippen LogP contribution in [0.1, 0.15) is 15.9 Å². The molecule has 1 heterocycles. The van der Waals surface area contributed by atoms with Crippen LogP contribution in [0.3, 0.4) is 0 Å². The summed E-state index contributed by atoms with van der Waals surface area (Å²) < 4.78 is 39.2. The van der Waals surface area contributed by atoms with Crippen LogP contribution in [0.5, 0.6) is 0 Å². The van der Waals surface area contributed by atoms with E-state index in [0.717, 1.165) is 17.4 Å². The maximum absolute atomic E-state index is 12.9. The van der Waals surface area contributed by atoms with Gasteiger partial charge in [-0.25, -0.2) is 4.98 Å². The number of halogens is 3. The topological polar surface area (TPSA) is 42.0 Å². The fraction of sp³-hybridized carbons (Fsp3) is 0.0667. The number of hydrogen-bond acceptors (Lipinski definition) is 3. The van der Waals surface area contributed by atoms with Gasteiger partial charge >= 0.3 is 6.18 Å². The summed E-state index contributed by atoms with van der Waals surface area (Å²) in [6, 6.07) is 12.2. The van der Waals surface area contributed by atoms with E-state index in [9.17, 15) is 18.0 Å². The van der Waals surface area contributed by atoms with Crippen LogP contribution in [-0.4, -0.2) is 10.9 Å². The van der Waals surface area contributed by atoms with E-state index in [0.29, 0.717) is 10.3 Å². The Kier molecular flexibility index (Phi) is 3.58. The van der Waals surface area contributed by atoms with Crippen LogP contribution in [0.4, 0.5) is 18.3 Å². The minimum Gasteiger partial charge on any atom is -0.298 e. The highest BCUT2D eigenvalue weighted by atomic mass is 32.1. The minimum atomic E-state index is -4.48. The zero-order chi connectivity index (χ0) is 15.7. The van der Waals surface area contributed by atoms with Gasteiger partial charge in [-0.15, -0.1) is 0 Å². The van der Waals surface area contributed by atoms with Crippen molar-refractivity contribution in [3.8, 4) is 0 Å². The van der Waals surface area contributed by atoms with Gasteiger partial charge in [0.1, 0.15) is 0 Å². The predicted octanol–water partition coefficient (Wildman–Crippen LogP) is 4.57. The van der Waals surface area contributed by atoms with Crippen LogP contribution >= 0.6 is 11.3 Å². The number of benzene rings is 2. The van der Waals surface area contributed by atoms with Gasteiger partial charge in [0.25, 0.3) is 5.91 Å². The Balaban J connectivity index is 1.95. The molecule has 1 N–H and O–H groups in total. The van der Waals surface area contributed by atoms with Crippen molar-refractivity contribution in [3.63, 3.8) is 0 Å². The van der Waals surface area contributed by atoms with Gasteiger partial charge in [-0.05, 0) is 24.3 Å². The smallest absolute Gasteiger partial charge is 0.298 e. The number of thiazole rings is 1. The van der Waals surface area contributed by atoms with Crippen LogP contribution in [0.15, 0.2) is 48.5 Å². The monoisotopic (exact) mass is 322 g/mol. The third-order valence-corrected chi connectivity index (χ3v) is 3.92. The Morgan fingerprint density at radius 1 is 1.05 bits per heavy atom. The molecule has 0 fully saturated rings. The van der Waals surface area contributed by atoms with E-state index in [-0.39, 0.29) is 10.6 Å². The summed E-state index contributed by atoms with van der Waals surface area (Å²) in [5, 5.41) is 2.67. The van der Waals surface area contributed by atoms with E-state index in [1.54, 1.807) is 36.4 Å². The van der Waals surface area contributed by atoms with Crippen molar-refractivity contribution in [1.82, 2.24) is 4.98 Å². The number of fused-ring (bicyclic) bond motifs is 1. The molecule has 0 saturated heterocycles. The number of carbonyl (C=O) groups is 1. The third-order valence-electron chi connectivity index (χ3n) is 2.98. The van der Waals surface area contributed by atoms with Gasteiger partial charge in [0.05, 0.1) is 15.8 Å². The lowest BCUT2D eigenvalue weighted by molar-refractivity contribution is -0.136. The molecule has 0 spiro atoms. The molecule has 0 unspecified atom stereocenters. The van der Waals surface area contributed by atoms with Crippen molar-refractivity contribution in [1.29, 1.82) is 0 Å². The highest BCUT2D eigenvalue weighted by Crippen LogP contribution is 2.37. The average molecular weight is 322 g/mol. The Morgan fingerprint density at radius 2 is 1.77 bits per heavy atom. The number of alkyl halides is 3. The standard InChI is InChI=1S/C15H9F3N2OS/c16-15(17,18)10-7-4-8-11-12(10)19-14(22-11)20-13(21)9-5-2-1-3-6-9/h1-8H,(H,19,20,21). The summed E-state index contributed by atoms with van der Waals surface area (Å²) in [5.41, 5.74) is -0.539. The third kappa shape index (κ3) is 2.80. The molecule has 0 aliphatic heterocycles. The van der Waals surface area contributed by atoms with Crippen molar-refractivity contribution in [2.45, 2.75) is 6.18 Å². The summed E-state index contributed by atoms with van der Waals surface area (Å²) >= 11 is 1.01. The second-order valence-electron chi connectivity index (χ2n) is 4.49. The van der Waals surface area contributed by atoms with E-state index in [2.05, 4.69) is 10.3 Å². The molecule has 0 atom stereocenters. The van der Waals surface area contributed by atoms with E-state index in [4.69, 9.17) is 0 Å². The highest BCUT2D eigenvalue weighted by molar-refractivity contribution is 7.22. The average Bonchev–Trinajstić information content (AvgIpc) is 2.89. The number of para-hydroxylation sites is 1. The second kappa shape index (κ2) is 5.42. The molecule has 7 heteroatoms. The van der Waals surface area contributed by atoms with Crippen molar-refractivity contribution < 1.29 is 18.0 Å². The second-order valence-corrected chi connectivity index (χ2v) is 5.52. The van der Waals surface area contributed by atoms with Crippen molar-refractivity contribution in [2.24, 2.45) is 0 Å². The van der Waals surface area contributed by atoms with Gasteiger partial charge in [0.15, 0.2) is 5.13 Å². The lowest BCUT2D eigenvalue weighted by Gasteiger charge is -2.06. The van der Waals surface area contributed by atoms with E-state index in [1.165, 1.54) is 6.07 Å². The van der Waals surface area contributed by atoms with Gasteiger partial charge in [0, 0.05) is 5.56 Å². The Labute approximate surface area is 127 Å². The van der Waals surface area contributed by atoms with E-state index >= 15 is 0 Å². The maximum Gasteiger partial charge on any atom is 0.418 e. The lowest BCUT2D eigenvalue weighted by atomic mass is 10.2. The first-order valence-corrected chi connectivity index (χ1v) is 7.10. The highest BCUT2D eigenvalue weighted by Gasteiger charge is 2.33. The summed E-state index contributed by atoms with van der Waals surface area (Å²) in [7, 11) is 0. The fourth-order valence-corrected chi connectivity index (χ4v) is 2.88. The number of nitrogens with zero attached hydrogens (tertiary/aromatic N) is 1. The van der Waals surface area contributed by atoms with E-state index in [1.807, 2.05) is 0 Å². The number of nitrogens with one attached hydrogen (secondary N) is 1.